The molecule has 0 radical (unpaired) electrons. The average Bonchev–Trinajstić information content (AvgIpc) is 2.94. The number of hydrogen-bond donors (Lipinski definition) is 0. The summed E-state index contributed by atoms with van der Waals surface area (Å²) in [6.45, 7) is 8.63. The normalized spacial score (nSPS) is 13.2. The zero-order valence-electron chi connectivity index (χ0n) is 25.1. The van der Waals surface area contributed by atoms with Crippen LogP contribution >= 0.6 is 15.2 Å². The quantitative estimate of drug-likeness (QED) is 0.221. The fraction of sp³-hybridized carbons (Fsp3) is 0.294. The Morgan fingerprint density at radius 2 is 1.05 bits per heavy atom. The van der Waals surface area contributed by atoms with Crippen LogP contribution in [0.4, 0.5) is 11.4 Å². The van der Waals surface area contributed by atoms with Crippen molar-refractivity contribution < 1.29 is 4.57 Å². The summed E-state index contributed by atoms with van der Waals surface area (Å²) in [5.41, 5.74) is 2.20. The Morgan fingerprint density at radius 3 is 1.48 bits per heavy atom. The van der Waals surface area contributed by atoms with Gasteiger partial charge in [-0.05, 0) is 94.0 Å². The van der Waals surface area contributed by atoms with Gasteiger partial charge in [0.25, 0.3) is 0 Å². The van der Waals surface area contributed by atoms with E-state index in [-0.39, 0.29) is 12.1 Å². The van der Waals surface area contributed by atoms with E-state index < -0.39 is 15.2 Å². The number of rotatable bonds is 10. The summed E-state index contributed by atoms with van der Waals surface area (Å²) >= 11 is 0. The number of anilines is 2. The summed E-state index contributed by atoms with van der Waals surface area (Å²) in [6, 6.07) is 36.5. The van der Waals surface area contributed by atoms with Crippen LogP contribution in [0.15, 0.2) is 103 Å². The van der Waals surface area contributed by atoms with Gasteiger partial charge in [-0.15, -0.1) is 0 Å². The van der Waals surface area contributed by atoms with Crippen molar-refractivity contribution in [2.75, 3.05) is 38.0 Å². The highest BCUT2D eigenvalue weighted by Gasteiger charge is 2.41. The van der Waals surface area contributed by atoms with E-state index >= 15 is 4.57 Å². The standard InChI is InChI=1S/C34H43N3OP2/c1-26(2)37(27(3)4)40(38,32-22-19-28(20-23-32)35(5)6)34-24-21-29(36(7)8)25-33(34)39(30-15-11-9-12-16-30)31-17-13-10-14-18-31/h9-27H,1-8H3. The molecule has 0 saturated heterocycles. The van der Waals surface area contributed by atoms with Crippen molar-refractivity contribution >= 4 is 53.1 Å². The fourth-order valence-electron chi connectivity index (χ4n) is 5.40. The van der Waals surface area contributed by atoms with E-state index in [1.165, 1.54) is 10.6 Å². The zero-order chi connectivity index (χ0) is 29.0. The van der Waals surface area contributed by atoms with Crippen molar-refractivity contribution in [2.24, 2.45) is 0 Å². The molecule has 1 atom stereocenters. The van der Waals surface area contributed by atoms with Gasteiger partial charge < -0.3 is 9.80 Å². The maximum atomic E-state index is 16.1. The minimum absolute atomic E-state index is 0.0837. The Kier molecular flexibility index (Phi) is 9.57. The minimum atomic E-state index is -3.27. The van der Waals surface area contributed by atoms with Gasteiger partial charge in [0.05, 0.1) is 0 Å². The molecule has 0 aliphatic carbocycles. The van der Waals surface area contributed by atoms with Crippen molar-refractivity contribution in [2.45, 2.75) is 39.8 Å². The van der Waals surface area contributed by atoms with Crippen LogP contribution < -0.4 is 36.3 Å². The van der Waals surface area contributed by atoms with E-state index in [1.54, 1.807) is 0 Å². The number of benzene rings is 4. The first-order chi connectivity index (χ1) is 19.1. The van der Waals surface area contributed by atoms with Gasteiger partial charge in [0.15, 0.2) is 0 Å². The maximum absolute atomic E-state index is 16.1. The highest BCUT2D eigenvalue weighted by Crippen LogP contribution is 2.52. The molecular weight excluding hydrogens is 528 g/mol. The number of hydrogen-bond acceptors (Lipinski definition) is 3. The molecule has 0 fully saturated rings. The van der Waals surface area contributed by atoms with Gasteiger partial charge in [0.1, 0.15) is 0 Å². The largest absolute Gasteiger partial charge is 0.378 e. The van der Waals surface area contributed by atoms with Crippen LogP contribution in [0, 0.1) is 0 Å². The first-order valence-corrected chi connectivity index (χ1v) is 16.9. The van der Waals surface area contributed by atoms with Gasteiger partial charge >= 0.3 is 0 Å². The Labute approximate surface area is 242 Å². The van der Waals surface area contributed by atoms with Gasteiger partial charge in [-0.1, -0.05) is 60.7 Å². The Morgan fingerprint density at radius 1 is 0.600 bits per heavy atom. The second kappa shape index (κ2) is 12.7. The lowest BCUT2D eigenvalue weighted by Gasteiger charge is -2.40. The van der Waals surface area contributed by atoms with E-state index in [0.29, 0.717) is 0 Å². The third-order valence-electron chi connectivity index (χ3n) is 7.17. The third kappa shape index (κ3) is 6.06. The Bertz CT molecular complexity index is 1390. The predicted octanol–water partition coefficient (Wildman–Crippen LogP) is 5.92. The first-order valence-electron chi connectivity index (χ1n) is 13.9. The van der Waals surface area contributed by atoms with Crippen molar-refractivity contribution in [3.05, 3.63) is 103 Å². The molecule has 0 bridgehead atoms. The highest BCUT2D eigenvalue weighted by molar-refractivity contribution is 7.84. The van der Waals surface area contributed by atoms with Crippen LogP contribution in [0.3, 0.4) is 0 Å². The SMILES string of the molecule is CC(C)N(C(C)C)P(=O)(c1ccc(N(C)C)cc1)c1ccc(N(C)C)cc1P(c1ccccc1)c1ccccc1. The van der Waals surface area contributed by atoms with Crippen LogP contribution in [0.1, 0.15) is 27.7 Å². The molecule has 0 aliphatic heterocycles. The Balaban J connectivity index is 2.11. The summed E-state index contributed by atoms with van der Waals surface area (Å²) in [5, 5.41) is 5.43. The van der Waals surface area contributed by atoms with E-state index in [1.807, 2.05) is 14.1 Å². The van der Waals surface area contributed by atoms with Crippen LogP contribution in [0.2, 0.25) is 0 Å². The fourth-order valence-corrected chi connectivity index (χ4v) is 11.8. The third-order valence-corrected chi connectivity index (χ3v) is 13.4. The molecule has 0 aliphatic rings. The van der Waals surface area contributed by atoms with Crippen molar-refractivity contribution in [1.29, 1.82) is 0 Å². The van der Waals surface area contributed by atoms with Crippen LogP contribution in [-0.2, 0) is 4.57 Å². The minimum Gasteiger partial charge on any atom is -0.378 e. The van der Waals surface area contributed by atoms with Gasteiger partial charge in [-0.3, -0.25) is 4.57 Å². The number of nitrogens with zero attached hydrogens (tertiary/aromatic N) is 3. The average molecular weight is 572 g/mol. The second-order valence-electron chi connectivity index (χ2n) is 11.1. The topological polar surface area (TPSA) is 26.8 Å². The lowest BCUT2D eigenvalue weighted by Crippen LogP contribution is -2.45. The molecule has 4 rings (SSSR count). The lowest BCUT2D eigenvalue weighted by atomic mass is 10.3. The van der Waals surface area contributed by atoms with E-state index in [9.17, 15) is 0 Å². The maximum Gasteiger partial charge on any atom is 0.208 e. The molecule has 4 aromatic rings. The van der Waals surface area contributed by atoms with Crippen LogP contribution in [0.5, 0.6) is 0 Å². The van der Waals surface area contributed by atoms with Gasteiger partial charge in [0.2, 0.25) is 7.29 Å². The van der Waals surface area contributed by atoms with Gasteiger partial charge in [-0.25, -0.2) is 4.67 Å². The monoisotopic (exact) mass is 571 g/mol. The molecule has 0 saturated carbocycles. The van der Waals surface area contributed by atoms with Gasteiger partial charge in [-0.2, -0.15) is 0 Å². The summed E-state index contributed by atoms with van der Waals surface area (Å²) in [6.07, 6.45) is 0. The summed E-state index contributed by atoms with van der Waals surface area (Å²) in [7, 11) is 3.97. The molecule has 0 spiro atoms. The molecule has 210 valence electrons. The molecule has 0 amide bonds. The molecule has 40 heavy (non-hydrogen) atoms. The smallest absolute Gasteiger partial charge is 0.208 e. The summed E-state index contributed by atoms with van der Waals surface area (Å²) in [5.74, 6) is 0. The van der Waals surface area contributed by atoms with E-state index in [2.05, 4.69) is 159 Å². The van der Waals surface area contributed by atoms with Crippen molar-refractivity contribution in [1.82, 2.24) is 4.67 Å². The van der Waals surface area contributed by atoms with Gasteiger partial charge in [0, 0.05) is 62.3 Å². The molecule has 4 nitrogen and oxygen atoms in total. The first kappa shape index (κ1) is 30.1. The van der Waals surface area contributed by atoms with Crippen molar-refractivity contribution in [3.63, 3.8) is 0 Å². The van der Waals surface area contributed by atoms with Crippen LogP contribution in [0.25, 0.3) is 0 Å². The summed E-state index contributed by atoms with van der Waals surface area (Å²) < 4.78 is 18.3. The van der Waals surface area contributed by atoms with Crippen molar-refractivity contribution in [3.8, 4) is 0 Å². The highest BCUT2D eigenvalue weighted by atomic mass is 31.2. The summed E-state index contributed by atoms with van der Waals surface area (Å²) in [4.78, 5) is 4.22. The molecule has 4 aromatic carbocycles. The van der Waals surface area contributed by atoms with E-state index in [0.717, 1.165) is 27.3 Å². The molecule has 0 N–H and O–H groups in total. The second-order valence-corrected chi connectivity index (χ2v) is 15.9. The molecule has 0 heterocycles. The molecular formula is C34H43N3OP2. The molecule has 0 aromatic heterocycles. The van der Waals surface area contributed by atoms with Crippen LogP contribution in [-0.4, -0.2) is 44.9 Å². The van der Waals surface area contributed by atoms with E-state index in [4.69, 9.17) is 0 Å². The Hall–Kier alpha value is -2.90. The molecule has 1 unspecified atom stereocenters. The predicted molar refractivity (Wildman–Crippen MR) is 179 cm³/mol. The lowest BCUT2D eigenvalue weighted by molar-refractivity contribution is 0.307. The molecule has 6 heteroatoms. The zero-order valence-corrected chi connectivity index (χ0v) is 26.9.